The van der Waals surface area contributed by atoms with Gasteiger partial charge in [-0.15, -0.1) is 0 Å². The minimum absolute atomic E-state index is 0.0222. The predicted octanol–water partition coefficient (Wildman–Crippen LogP) is 1.19. The molecule has 1 heterocycles. The minimum atomic E-state index is -0.292. The maximum absolute atomic E-state index is 13.1. The summed E-state index contributed by atoms with van der Waals surface area (Å²) in [5.74, 6) is 0.0999. The number of aromatic nitrogens is 2. The molecule has 0 fully saturated rings. The van der Waals surface area contributed by atoms with Crippen LogP contribution in [-0.2, 0) is 0 Å². The van der Waals surface area contributed by atoms with Crippen LogP contribution in [0.25, 0.3) is 11.1 Å². The van der Waals surface area contributed by atoms with Crippen molar-refractivity contribution in [2.75, 3.05) is 18.6 Å². The molecule has 1 aromatic heterocycles. The fourth-order valence-electron chi connectivity index (χ4n) is 1.41. The van der Waals surface area contributed by atoms with Gasteiger partial charge in [0.1, 0.15) is 5.82 Å². The average molecular weight is 248 g/mol. The minimum Gasteiger partial charge on any atom is -0.395 e. The van der Waals surface area contributed by atoms with Crippen molar-refractivity contribution in [3.8, 4) is 11.1 Å². The van der Waals surface area contributed by atoms with E-state index in [0.29, 0.717) is 12.5 Å². The van der Waals surface area contributed by atoms with Crippen LogP contribution in [0.4, 0.5) is 10.3 Å². The highest BCUT2D eigenvalue weighted by Crippen LogP contribution is 2.18. The van der Waals surface area contributed by atoms with Crippen LogP contribution < -0.4 is 10.9 Å². The highest BCUT2D eigenvalue weighted by atomic mass is 19.1. The van der Waals surface area contributed by atoms with E-state index in [0.717, 1.165) is 11.1 Å². The largest absolute Gasteiger partial charge is 0.395 e. The highest BCUT2D eigenvalue weighted by molar-refractivity contribution is 5.61. The maximum atomic E-state index is 13.1. The molecular weight excluding hydrogens is 235 g/mol. The average Bonchev–Trinajstić information content (AvgIpc) is 2.40. The fourth-order valence-corrected chi connectivity index (χ4v) is 1.41. The number of rotatable bonds is 5. The second-order valence-electron chi connectivity index (χ2n) is 3.58. The van der Waals surface area contributed by atoms with Gasteiger partial charge in [0.05, 0.1) is 6.61 Å². The number of anilines is 1. The molecule has 0 amide bonds. The third-order valence-corrected chi connectivity index (χ3v) is 2.25. The van der Waals surface area contributed by atoms with Crippen LogP contribution in [0, 0.1) is 5.82 Å². The van der Waals surface area contributed by atoms with E-state index in [4.69, 9.17) is 5.11 Å². The zero-order chi connectivity index (χ0) is 12.8. The van der Waals surface area contributed by atoms with Crippen LogP contribution in [-0.4, -0.2) is 28.2 Å². The molecule has 0 aliphatic rings. The second-order valence-corrected chi connectivity index (χ2v) is 3.58. The van der Waals surface area contributed by atoms with Crippen molar-refractivity contribution in [3.63, 3.8) is 0 Å². The molecule has 94 valence electrons. The lowest BCUT2D eigenvalue weighted by molar-refractivity contribution is 0.296. The molecule has 2 aromatic rings. The molecule has 6 heteroatoms. The first-order valence-corrected chi connectivity index (χ1v) is 5.47. The molecule has 0 aliphatic carbocycles. The van der Waals surface area contributed by atoms with Crippen LogP contribution >= 0.6 is 0 Å². The van der Waals surface area contributed by atoms with Gasteiger partial charge in [-0.05, 0) is 17.7 Å². The van der Waals surface area contributed by atoms with Crippen molar-refractivity contribution in [2.24, 2.45) is 0 Å². The molecule has 0 saturated carbocycles. The topological polar surface area (TPSA) is 70.1 Å². The number of benzene rings is 1. The number of hydrogen-bond acceptors (Lipinski definition) is 5. The van der Waals surface area contributed by atoms with Crippen molar-refractivity contribution in [3.05, 3.63) is 42.5 Å². The van der Waals surface area contributed by atoms with E-state index in [1.807, 2.05) is 0 Å². The lowest BCUT2D eigenvalue weighted by atomic mass is 10.1. The van der Waals surface area contributed by atoms with Crippen LogP contribution in [0.15, 0.2) is 36.7 Å². The molecule has 0 aliphatic heterocycles. The van der Waals surface area contributed by atoms with Gasteiger partial charge in [0.25, 0.3) is 0 Å². The van der Waals surface area contributed by atoms with E-state index >= 15 is 0 Å². The van der Waals surface area contributed by atoms with Crippen molar-refractivity contribution >= 4 is 5.95 Å². The summed E-state index contributed by atoms with van der Waals surface area (Å²) in [5.41, 5.74) is 6.93. The van der Waals surface area contributed by atoms with Gasteiger partial charge < -0.3 is 5.11 Å². The first-order valence-electron chi connectivity index (χ1n) is 5.47. The van der Waals surface area contributed by atoms with Gasteiger partial charge in [0.2, 0.25) is 5.95 Å². The molecule has 3 N–H and O–H groups in total. The highest BCUT2D eigenvalue weighted by Gasteiger charge is 2.01. The number of hydrazine groups is 1. The molecule has 0 saturated heterocycles. The van der Waals surface area contributed by atoms with Gasteiger partial charge >= 0.3 is 0 Å². The predicted molar refractivity (Wildman–Crippen MR) is 66.1 cm³/mol. The number of hydrogen-bond donors (Lipinski definition) is 3. The Labute approximate surface area is 104 Å². The van der Waals surface area contributed by atoms with Gasteiger partial charge in [-0.3, -0.25) is 5.43 Å². The first-order chi connectivity index (χ1) is 8.79. The summed E-state index contributed by atoms with van der Waals surface area (Å²) in [6, 6.07) is 6.24. The Morgan fingerprint density at radius 1 is 1.17 bits per heavy atom. The zero-order valence-electron chi connectivity index (χ0n) is 9.60. The Morgan fingerprint density at radius 2 is 1.94 bits per heavy atom. The van der Waals surface area contributed by atoms with Crippen LogP contribution in [0.3, 0.4) is 0 Å². The lowest BCUT2D eigenvalue weighted by Crippen LogP contribution is -2.25. The molecule has 5 nitrogen and oxygen atoms in total. The van der Waals surface area contributed by atoms with Crippen molar-refractivity contribution < 1.29 is 9.50 Å². The van der Waals surface area contributed by atoms with E-state index < -0.39 is 0 Å². The Kier molecular flexibility index (Phi) is 4.16. The summed E-state index contributed by atoms with van der Waals surface area (Å²) in [7, 11) is 0. The van der Waals surface area contributed by atoms with Gasteiger partial charge in [-0.2, -0.15) is 0 Å². The summed E-state index contributed by atoms with van der Waals surface area (Å²) in [4.78, 5) is 8.14. The first kappa shape index (κ1) is 12.4. The van der Waals surface area contributed by atoms with Crippen molar-refractivity contribution in [1.29, 1.82) is 0 Å². The molecule has 0 atom stereocenters. The van der Waals surface area contributed by atoms with Crippen LogP contribution in [0.1, 0.15) is 0 Å². The van der Waals surface area contributed by atoms with Gasteiger partial charge in [0.15, 0.2) is 0 Å². The lowest BCUT2D eigenvalue weighted by Gasteiger charge is -2.06. The normalized spacial score (nSPS) is 10.3. The second kappa shape index (κ2) is 6.04. The molecule has 0 unspecified atom stereocenters. The Morgan fingerprint density at radius 3 is 2.61 bits per heavy atom. The Hall–Kier alpha value is -2.05. The quantitative estimate of drug-likeness (QED) is 0.547. The van der Waals surface area contributed by atoms with E-state index in [1.54, 1.807) is 24.5 Å². The number of nitrogens with one attached hydrogen (secondary N) is 2. The zero-order valence-corrected chi connectivity index (χ0v) is 9.60. The summed E-state index contributed by atoms with van der Waals surface area (Å²) < 4.78 is 13.1. The smallest absolute Gasteiger partial charge is 0.237 e. The molecule has 1 aromatic carbocycles. The molecule has 0 bridgehead atoms. The third-order valence-electron chi connectivity index (χ3n) is 2.25. The number of aliphatic hydroxyl groups excluding tert-OH is 1. The SMILES string of the molecule is OCCNNc1ncc(-c2cccc(F)c2)cn1. The monoisotopic (exact) mass is 248 g/mol. The number of aliphatic hydroxyl groups is 1. The van der Waals surface area contributed by atoms with Gasteiger partial charge in [0, 0.05) is 24.5 Å². The van der Waals surface area contributed by atoms with E-state index in [2.05, 4.69) is 20.8 Å². The molecular formula is C12H13FN4O. The molecule has 0 radical (unpaired) electrons. The molecule has 18 heavy (non-hydrogen) atoms. The van der Waals surface area contributed by atoms with E-state index in [-0.39, 0.29) is 12.4 Å². The van der Waals surface area contributed by atoms with E-state index in [9.17, 15) is 4.39 Å². The van der Waals surface area contributed by atoms with Crippen molar-refractivity contribution in [2.45, 2.75) is 0 Å². The third kappa shape index (κ3) is 3.22. The fraction of sp³-hybridized carbons (Fsp3) is 0.167. The van der Waals surface area contributed by atoms with Crippen LogP contribution in [0.2, 0.25) is 0 Å². The maximum Gasteiger partial charge on any atom is 0.237 e. The van der Waals surface area contributed by atoms with Crippen molar-refractivity contribution in [1.82, 2.24) is 15.4 Å². The van der Waals surface area contributed by atoms with Gasteiger partial charge in [-0.25, -0.2) is 19.8 Å². The Bertz CT molecular complexity index is 504. The van der Waals surface area contributed by atoms with Crippen LogP contribution in [0.5, 0.6) is 0 Å². The number of halogens is 1. The molecule has 2 rings (SSSR count). The summed E-state index contributed by atoms with van der Waals surface area (Å²) >= 11 is 0. The summed E-state index contributed by atoms with van der Waals surface area (Å²) in [6.45, 7) is 0.420. The Balaban J connectivity index is 2.07. The molecule has 0 spiro atoms. The standard InChI is InChI=1S/C12H13FN4O/c13-11-3-1-2-9(6-11)10-7-14-12(15-8-10)17-16-4-5-18/h1-3,6-8,16,18H,4-5H2,(H,14,15,17). The summed E-state index contributed by atoms with van der Waals surface area (Å²) in [5, 5.41) is 8.58. The number of nitrogens with zero attached hydrogens (tertiary/aromatic N) is 2. The van der Waals surface area contributed by atoms with Gasteiger partial charge in [-0.1, -0.05) is 12.1 Å². The summed E-state index contributed by atoms with van der Waals surface area (Å²) in [6.07, 6.45) is 3.20. The van der Waals surface area contributed by atoms with E-state index in [1.165, 1.54) is 12.1 Å².